The molecule has 8 aromatic carbocycles. The average molecular weight is 717 g/mol. The Morgan fingerprint density at radius 1 is 0.268 bits per heavy atom. The van der Waals surface area contributed by atoms with Crippen LogP contribution < -0.4 is 0 Å². The molecule has 11 rings (SSSR count). The third-order valence-corrected chi connectivity index (χ3v) is 10.7. The monoisotopic (exact) mass is 716 g/mol. The molecule has 0 N–H and O–H groups in total. The smallest absolute Gasteiger partial charge is 0.161 e. The van der Waals surface area contributed by atoms with Crippen molar-refractivity contribution in [3.63, 3.8) is 0 Å². The summed E-state index contributed by atoms with van der Waals surface area (Å²) < 4.78 is 12.4. The second kappa shape index (κ2) is 13.1. The van der Waals surface area contributed by atoms with Crippen LogP contribution in [0.5, 0.6) is 0 Å². The van der Waals surface area contributed by atoms with Gasteiger partial charge in [0.25, 0.3) is 0 Å². The van der Waals surface area contributed by atoms with Crippen molar-refractivity contribution >= 4 is 43.9 Å². The van der Waals surface area contributed by atoms with Crippen LogP contribution in [0, 0.1) is 0 Å². The second-order valence-electron chi connectivity index (χ2n) is 14.2. The zero-order chi connectivity index (χ0) is 37.0. The number of para-hydroxylation sites is 2. The number of fused-ring (bicyclic) bond motifs is 6. The normalized spacial score (nSPS) is 11.6. The fourth-order valence-corrected chi connectivity index (χ4v) is 7.89. The summed E-state index contributed by atoms with van der Waals surface area (Å²) in [5.74, 6) is 0.656. The Labute approximate surface area is 323 Å². The third kappa shape index (κ3) is 5.55. The molecule has 0 saturated heterocycles. The number of furan rings is 2. The van der Waals surface area contributed by atoms with Crippen LogP contribution in [-0.2, 0) is 0 Å². The van der Waals surface area contributed by atoms with E-state index in [9.17, 15) is 0 Å². The second-order valence-corrected chi connectivity index (χ2v) is 14.2. The summed E-state index contributed by atoms with van der Waals surface area (Å²) in [6, 6.07) is 67.5. The quantitative estimate of drug-likeness (QED) is 0.172. The van der Waals surface area contributed by atoms with Gasteiger partial charge in [0.05, 0.1) is 11.4 Å². The molecule has 0 aliphatic carbocycles. The molecule has 0 atom stereocenters. The fraction of sp³-hybridized carbons (Fsp3) is 0. The van der Waals surface area contributed by atoms with Gasteiger partial charge in [0.1, 0.15) is 22.3 Å². The maximum absolute atomic E-state index is 6.25. The summed E-state index contributed by atoms with van der Waals surface area (Å²) in [6.45, 7) is 0. The minimum absolute atomic E-state index is 0.656. The maximum Gasteiger partial charge on any atom is 0.161 e. The Kier molecular flexibility index (Phi) is 7.46. The molecule has 3 aromatic heterocycles. The van der Waals surface area contributed by atoms with Gasteiger partial charge in [0.15, 0.2) is 5.82 Å². The van der Waals surface area contributed by atoms with E-state index in [0.29, 0.717) is 5.82 Å². The van der Waals surface area contributed by atoms with Crippen LogP contribution >= 0.6 is 0 Å². The van der Waals surface area contributed by atoms with Gasteiger partial charge in [-0.15, -0.1) is 0 Å². The van der Waals surface area contributed by atoms with E-state index in [1.54, 1.807) is 0 Å². The highest BCUT2D eigenvalue weighted by molar-refractivity contribution is 6.08. The molecule has 0 fully saturated rings. The Hall–Kier alpha value is -7.56. The predicted octanol–water partition coefficient (Wildman–Crippen LogP) is 14.3. The van der Waals surface area contributed by atoms with E-state index in [4.69, 9.17) is 18.8 Å². The minimum atomic E-state index is 0.656. The Morgan fingerprint density at radius 3 is 1.34 bits per heavy atom. The van der Waals surface area contributed by atoms with Gasteiger partial charge in [-0.3, -0.25) is 0 Å². The molecule has 3 heterocycles. The number of nitrogens with zero attached hydrogens (tertiary/aromatic N) is 2. The van der Waals surface area contributed by atoms with Crippen LogP contribution in [0.15, 0.2) is 203 Å². The molecule has 4 nitrogen and oxygen atoms in total. The molecular formula is C52H32N2O2. The van der Waals surface area contributed by atoms with Gasteiger partial charge in [-0.25, -0.2) is 9.97 Å². The van der Waals surface area contributed by atoms with Crippen molar-refractivity contribution in [3.05, 3.63) is 194 Å². The summed E-state index contributed by atoms with van der Waals surface area (Å²) in [5, 5.41) is 4.35. The zero-order valence-corrected chi connectivity index (χ0v) is 30.2. The molecule has 262 valence electrons. The van der Waals surface area contributed by atoms with Crippen molar-refractivity contribution in [2.75, 3.05) is 0 Å². The van der Waals surface area contributed by atoms with E-state index in [1.807, 2.05) is 36.4 Å². The lowest BCUT2D eigenvalue weighted by Gasteiger charge is -2.15. The van der Waals surface area contributed by atoms with Crippen LogP contribution in [-0.4, -0.2) is 9.97 Å². The third-order valence-electron chi connectivity index (χ3n) is 10.7. The van der Waals surface area contributed by atoms with Crippen LogP contribution in [0.2, 0.25) is 0 Å². The van der Waals surface area contributed by atoms with Gasteiger partial charge in [0.2, 0.25) is 0 Å². The van der Waals surface area contributed by atoms with Gasteiger partial charge in [-0.2, -0.15) is 0 Å². The molecule has 0 aliphatic heterocycles. The molecule has 0 aliphatic rings. The first-order valence-corrected chi connectivity index (χ1v) is 18.8. The van der Waals surface area contributed by atoms with Crippen molar-refractivity contribution in [1.29, 1.82) is 0 Å². The predicted molar refractivity (Wildman–Crippen MR) is 229 cm³/mol. The maximum atomic E-state index is 6.25. The molecule has 0 bridgehead atoms. The van der Waals surface area contributed by atoms with Crippen LogP contribution in [0.25, 0.3) is 111 Å². The van der Waals surface area contributed by atoms with E-state index in [-0.39, 0.29) is 0 Å². The summed E-state index contributed by atoms with van der Waals surface area (Å²) >= 11 is 0. The van der Waals surface area contributed by atoms with Crippen molar-refractivity contribution < 1.29 is 8.83 Å². The van der Waals surface area contributed by atoms with Gasteiger partial charge in [-0.05, 0) is 88.0 Å². The van der Waals surface area contributed by atoms with Crippen molar-refractivity contribution in [1.82, 2.24) is 9.97 Å². The zero-order valence-electron chi connectivity index (χ0n) is 30.2. The SMILES string of the molecule is c1ccc(-c2ccc(-c3cc(-c4ccccc4)nc(-c4ccc(-c5ccc6oc7ccccc7c6c5)cc4-c4ccc5oc6ccccc6c5c4)n3)cc2)cc1. The first-order valence-electron chi connectivity index (χ1n) is 18.8. The minimum Gasteiger partial charge on any atom is -0.456 e. The average Bonchev–Trinajstić information content (AvgIpc) is 3.84. The van der Waals surface area contributed by atoms with Gasteiger partial charge < -0.3 is 8.83 Å². The lowest BCUT2D eigenvalue weighted by atomic mass is 9.92. The van der Waals surface area contributed by atoms with Gasteiger partial charge >= 0.3 is 0 Å². The molecule has 11 aromatic rings. The number of hydrogen-bond donors (Lipinski definition) is 0. The van der Waals surface area contributed by atoms with E-state index in [1.165, 1.54) is 5.56 Å². The van der Waals surface area contributed by atoms with E-state index in [0.717, 1.165) is 99.8 Å². The van der Waals surface area contributed by atoms with Gasteiger partial charge in [-0.1, -0.05) is 140 Å². The van der Waals surface area contributed by atoms with Crippen molar-refractivity contribution in [2.24, 2.45) is 0 Å². The summed E-state index contributed by atoms with van der Waals surface area (Å²) in [5.41, 5.74) is 14.8. The number of rotatable bonds is 6. The molecule has 0 spiro atoms. The Morgan fingerprint density at radius 2 is 0.696 bits per heavy atom. The largest absolute Gasteiger partial charge is 0.456 e. The van der Waals surface area contributed by atoms with Crippen LogP contribution in [0.4, 0.5) is 0 Å². The molecule has 0 saturated carbocycles. The standard InChI is InChI=1S/C52H32N2O2/c1-3-11-33(12-4-1)34-19-21-36(22-20-34)47-32-46(35-13-5-2-6-14-35)53-52(54-47)42-26-23-37(38-24-27-50-44(30-38)40-15-7-9-17-48(40)55-50)29-43(42)39-25-28-51-45(31-39)41-16-8-10-18-49(41)56-51/h1-32H. The number of benzene rings is 8. The lowest BCUT2D eigenvalue weighted by molar-refractivity contribution is 0.668. The van der Waals surface area contributed by atoms with Crippen LogP contribution in [0.1, 0.15) is 0 Å². The summed E-state index contributed by atoms with van der Waals surface area (Å²) in [4.78, 5) is 10.6. The van der Waals surface area contributed by atoms with E-state index < -0.39 is 0 Å². The number of hydrogen-bond acceptors (Lipinski definition) is 4. The Balaban J connectivity index is 1.12. The van der Waals surface area contributed by atoms with Crippen LogP contribution in [0.3, 0.4) is 0 Å². The van der Waals surface area contributed by atoms with Crippen molar-refractivity contribution in [2.45, 2.75) is 0 Å². The highest BCUT2D eigenvalue weighted by Crippen LogP contribution is 2.40. The summed E-state index contributed by atoms with van der Waals surface area (Å²) in [6.07, 6.45) is 0. The number of aromatic nitrogens is 2. The highest BCUT2D eigenvalue weighted by Gasteiger charge is 2.18. The van der Waals surface area contributed by atoms with Gasteiger partial charge in [0, 0.05) is 38.2 Å². The first kappa shape index (κ1) is 31.9. The molecule has 56 heavy (non-hydrogen) atoms. The highest BCUT2D eigenvalue weighted by atomic mass is 16.3. The topological polar surface area (TPSA) is 52.1 Å². The molecule has 0 amide bonds. The molecular weight excluding hydrogens is 685 g/mol. The lowest BCUT2D eigenvalue weighted by Crippen LogP contribution is -1.98. The molecule has 0 unspecified atom stereocenters. The Bertz CT molecular complexity index is 3230. The first-order chi connectivity index (χ1) is 27.7. The summed E-state index contributed by atoms with van der Waals surface area (Å²) in [7, 11) is 0. The fourth-order valence-electron chi connectivity index (χ4n) is 7.89. The molecule has 0 radical (unpaired) electrons. The van der Waals surface area contributed by atoms with E-state index >= 15 is 0 Å². The molecule has 4 heteroatoms. The van der Waals surface area contributed by atoms with Crippen molar-refractivity contribution in [3.8, 4) is 67.3 Å². The van der Waals surface area contributed by atoms with E-state index in [2.05, 4.69) is 158 Å².